The summed E-state index contributed by atoms with van der Waals surface area (Å²) in [5, 5.41) is 10.6. The van der Waals surface area contributed by atoms with Crippen molar-refractivity contribution >= 4 is 0 Å². The van der Waals surface area contributed by atoms with E-state index < -0.39 is 6.10 Å². The Kier molecular flexibility index (Phi) is 14.8. The molecule has 0 bridgehead atoms. The third-order valence-corrected chi connectivity index (χ3v) is 12.4. The van der Waals surface area contributed by atoms with Gasteiger partial charge in [-0.05, 0) is 152 Å². The lowest BCUT2D eigenvalue weighted by Gasteiger charge is -2.34. The van der Waals surface area contributed by atoms with Gasteiger partial charge in [0.25, 0.3) is 0 Å². The van der Waals surface area contributed by atoms with Crippen LogP contribution < -0.4 is 0 Å². The predicted molar refractivity (Wildman–Crippen MR) is 180 cm³/mol. The first-order valence-corrected chi connectivity index (χ1v) is 20.0. The van der Waals surface area contributed by atoms with E-state index in [1.165, 1.54) is 116 Å². The maximum atomic E-state index is 10.6. The molecule has 0 amide bonds. The van der Waals surface area contributed by atoms with Crippen LogP contribution in [0.5, 0.6) is 0 Å². The zero-order valence-corrected chi connectivity index (χ0v) is 29.0. The number of aliphatic hydroxyl groups is 1. The molecule has 7 heteroatoms. The van der Waals surface area contributed by atoms with Crippen molar-refractivity contribution in [3.63, 3.8) is 0 Å². The summed E-state index contributed by atoms with van der Waals surface area (Å²) in [6.45, 7) is 4.48. The van der Waals surface area contributed by atoms with Gasteiger partial charge < -0.3 is 33.5 Å². The molecule has 3 atom stereocenters. The van der Waals surface area contributed by atoms with Gasteiger partial charge >= 0.3 is 0 Å². The van der Waals surface area contributed by atoms with Crippen LogP contribution in [-0.2, 0) is 28.4 Å². The lowest BCUT2D eigenvalue weighted by atomic mass is 9.76. The van der Waals surface area contributed by atoms with E-state index in [4.69, 9.17) is 28.4 Å². The number of unbranched alkanes of at least 4 members (excludes halogenated alkanes) is 2. The van der Waals surface area contributed by atoms with Gasteiger partial charge in [-0.1, -0.05) is 12.8 Å². The van der Waals surface area contributed by atoms with E-state index in [0.29, 0.717) is 49.8 Å². The summed E-state index contributed by atoms with van der Waals surface area (Å²) in [5.41, 5.74) is 0. The lowest BCUT2D eigenvalue weighted by molar-refractivity contribution is -0.0784. The maximum Gasteiger partial charge on any atom is 0.104 e. The fourth-order valence-corrected chi connectivity index (χ4v) is 9.17. The number of ether oxygens (including phenoxy) is 6. The van der Waals surface area contributed by atoms with Crippen LogP contribution in [-0.4, -0.2) is 87.5 Å². The second-order valence-electron chi connectivity index (χ2n) is 16.3. The Morgan fingerprint density at radius 2 is 0.891 bits per heavy atom. The van der Waals surface area contributed by atoms with Crippen molar-refractivity contribution < 1.29 is 33.5 Å². The van der Waals surface area contributed by atoms with Crippen LogP contribution in [0.25, 0.3) is 0 Å². The molecule has 2 saturated heterocycles. The number of aliphatic hydroxyl groups excluding tert-OH is 1. The highest BCUT2D eigenvalue weighted by Crippen LogP contribution is 2.38. The third-order valence-electron chi connectivity index (χ3n) is 12.4. The summed E-state index contributed by atoms with van der Waals surface area (Å²) < 4.78 is 35.2. The van der Waals surface area contributed by atoms with Crippen LogP contribution in [0.1, 0.15) is 141 Å². The van der Waals surface area contributed by atoms with Crippen LogP contribution >= 0.6 is 0 Å². The van der Waals surface area contributed by atoms with Gasteiger partial charge in [0.15, 0.2) is 0 Å². The molecule has 46 heavy (non-hydrogen) atoms. The fraction of sp³-hybridized carbons (Fsp3) is 1.00. The largest absolute Gasteiger partial charge is 0.388 e. The molecule has 4 aliphatic carbocycles. The van der Waals surface area contributed by atoms with Gasteiger partial charge in [0.1, 0.15) is 12.2 Å². The maximum absolute atomic E-state index is 10.6. The molecule has 4 saturated carbocycles. The van der Waals surface area contributed by atoms with Crippen molar-refractivity contribution in [2.45, 2.75) is 184 Å². The first-order valence-electron chi connectivity index (χ1n) is 20.0. The fourth-order valence-electron chi connectivity index (χ4n) is 9.17. The molecule has 7 nitrogen and oxygen atoms in total. The molecule has 0 aromatic rings. The Morgan fingerprint density at radius 3 is 1.33 bits per heavy atom. The molecule has 1 N–H and O–H groups in total. The van der Waals surface area contributed by atoms with Gasteiger partial charge in [-0.15, -0.1) is 0 Å². The Bertz CT molecular complexity index is 801. The quantitative estimate of drug-likeness (QED) is 0.107. The standard InChI is InChI=1S/C39H68O7/c40-33(25-43-36-17-9-31(10-18-36)23-32-11-19-37(20-12-32)44-27-39-28-46-39)24-42-35-15-7-30(8-16-35)22-29-5-13-34(14-6-29)41-21-3-1-2-4-38-26-45-38/h29-40H,1-28H2. The van der Waals surface area contributed by atoms with E-state index in [1.807, 2.05) is 0 Å². The highest BCUT2D eigenvalue weighted by atomic mass is 16.6. The predicted octanol–water partition coefficient (Wildman–Crippen LogP) is 7.79. The minimum absolute atomic E-state index is 0.314. The Labute approximate surface area is 280 Å². The van der Waals surface area contributed by atoms with Crippen molar-refractivity contribution in [3.8, 4) is 0 Å². The minimum Gasteiger partial charge on any atom is -0.388 e. The third kappa shape index (κ3) is 13.2. The molecule has 6 rings (SSSR count). The molecule has 2 aliphatic heterocycles. The average Bonchev–Trinajstić information content (AvgIpc) is 4.03. The molecular weight excluding hydrogens is 580 g/mol. The molecule has 0 aromatic carbocycles. The summed E-state index contributed by atoms with van der Waals surface area (Å²) in [6, 6.07) is 0. The van der Waals surface area contributed by atoms with Crippen molar-refractivity contribution in [3.05, 3.63) is 0 Å². The van der Waals surface area contributed by atoms with Crippen LogP contribution in [0.4, 0.5) is 0 Å². The molecule has 6 fully saturated rings. The molecule has 3 unspecified atom stereocenters. The SMILES string of the molecule is OC(COC1CCC(CC2CCC(OCCCCCC3CO3)CC2)CC1)COC1CCC(CC2CCC(OCC3CO3)CC2)CC1. The van der Waals surface area contributed by atoms with Gasteiger partial charge in [0, 0.05) is 6.61 Å². The van der Waals surface area contributed by atoms with E-state index in [-0.39, 0.29) is 0 Å². The van der Waals surface area contributed by atoms with Crippen LogP contribution in [0.2, 0.25) is 0 Å². The lowest BCUT2D eigenvalue weighted by Crippen LogP contribution is -2.31. The molecule has 266 valence electrons. The number of rotatable bonds is 20. The zero-order chi connectivity index (χ0) is 31.4. The topological polar surface area (TPSA) is 82.2 Å². The molecular formula is C39H68O7. The summed E-state index contributed by atoms with van der Waals surface area (Å²) in [4.78, 5) is 0. The summed E-state index contributed by atoms with van der Waals surface area (Å²) in [7, 11) is 0. The summed E-state index contributed by atoms with van der Waals surface area (Å²) >= 11 is 0. The van der Waals surface area contributed by atoms with Gasteiger partial charge in [0.2, 0.25) is 0 Å². The van der Waals surface area contributed by atoms with Crippen LogP contribution in [0.3, 0.4) is 0 Å². The Hall–Kier alpha value is -0.280. The highest BCUT2D eigenvalue weighted by molar-refractivity contribution is 4.82. The second kappa shape index (κ2) is 19.2. The van der Waals surface area contributed by atoms with E-state index in [1.54, 1.807) is 0 Å². The van der Waals surface area contributed by atoms with Crippen LogP contribution in [0, 0.1) is 23.7 Å². The number of epoxide rings is 2. The van der Waals surface area contributed by atoms with Gasteiger partial charge in [-0.2, -0.15) is 0 Å². The molecule has 2 heterocycles. The van der Waals surface area contributed by atoms with Crippen molar-refractivity contribution in [1.82, 2.24) is 0 Å². The number of hydrogen-bond donors (Lipinski definition) is 1. The van der Waals surface area contributed by atoms with E-state index >= 15 is 0 Å². The summed E-state index contributed by atoms with van der Waals surface area (Å²) in [6.07, 6.45) is 29.9. The van der Waals surface area contributed by atoms with E-state index in [2.05, 4.69) is 0 Å². The monoisotopic (exact) mass is 648 g/mol. The van der Waals surface area contributed by atoms with Crippen LogP contribution in [0.15, 0.2) is 0 Å². The van der Waals surface area contributed by atoms with Crippen molar-refractivity contribution in [2.24, 2.45) is 23.7 Å². The smallest absolute Gasteiger partial charge is 0.104 e. The summed E-state index contributed by atoms with van der Waals surface area (Å²) in [5.74, 6) is 3.48. The highest BCUT2D eigenvalue weighted by Gasteiger charge is 2.31. The first kappa shape index (κ1) is 35.5. The Balaban J connectivity index is 0.730. The average molecular weight is 649 g/mol. The second-order valence-corrected chi connectivity index (χ2v) is 16.3. The zero-order valence-electron chi connectivity index (χ0n) is 29.0. The van der Waals surface area contributed by atoms with Gasteiger partial charge in [-0.3, -0.25) is 0 Å². The van der Waals surface area contributed by atoms with Crippen molar-refractivity contribution in [2.75, 3.05) is 39.6 Å². The minimum atomic E-state index is -0.505. The molecule has 6 aliphatic rings. The first-order chi connectivity index (χ1) is 22.6. The van der Waals surface area contributed by atoms with E-state index in [0.717, 1.165) is 75.8 Å². The Morgan fingerprint density at radius 1 is 0.478 bits per heavy atom. The molecule has 0 spiro atoms. The normalized spacial score (nSPS) is 38.8. The van der Waals surface area contributed by atoms with E-state index in [9.17, 15) is 5.11 Å². The van der Waals surface area contributed by atoms with Crippen molar-refractivity contribution in [1.29, 1.82) is 0 Å². The molecule has 0 radical (unpaired) electrons. The van der Waals surface area contributed by atoms with Gasteiger partial charge in [0.05, 0.1) is 63.6 Å². The molecule has 0 aromatic heterocycles. The van der Waals surface area contributed by atoms with Gasteiger partial charge in [-0.25, -0.2) is 0 Å². The number of hydrogen-bond acceptors (Lipinski definition) is 7.